The number of halogens is 2. The summed E-state index contributed by atoms with van der Waals surface area (Å²) in [6.07, 6.45) is -3.82. The quantitative estimate of drug-likeness (QED) is 0.507. The van der Waals surface area contributed by atoms with Crippen molar-refractivity contribution in [1.82, 2.24) is 9.88 Å². The van der Waals surface area contributed by atoms with E-state index in [9.17, 15) is 17.2 Å². The molecule has 8 nitrogen and oxygen atoms in total. The van der Waals surface area contributed by atoms with Crippen molar-refractivity contribution in [3.8, 4) is 11.3 Å². The highest BCUT2D eigenvalue weighted by Crippen LogP contribution is 2.41. The third kappa shape index (κ3) is 5.86. The Balaban J connectivity index is 0.000000628. The van der Waals surface area contributed by atoms with E-state index in [4.69, 9.17) is 15.0 Å². The zero-order valence-electron chi connectivity index (χ0n) is 15.9. The third-order valence-corrected chi connectivity index (χ3v) is 6.03. The maximum atomic E-state index is 12.6. The molecule has 0 radical (unpaired) electrons. The highest BCUT2D eigenvalue weighted by atomic mass is 32.2. The van der Waals surface area contributed by atoms with Crippen LogP contribution in [0.3, 0.4) is 0 Å². The van der Waals surface area contributed by atoms with Gasteiger partial charge in [0, 0.05) is 23.6 Å². The molecule has 0 saturated heterocycles. The first-order valence-electron chi connectivity index (χ1n) is 9.01. The van der Waals surface area contributed by atoms with Gasteiger partial charge in [-0.2, -0.15) is 0 Å². The van der Waals surface area contributed by atoms with E-state index in [0.29, 0.717) is 5.56 Å². The van der Waals surface area contributed by atoms with Crippen LogP contribution in [0.5, 0.6) is 0 Å². The lowest BCUT2D eigenvalue weighted by molar-refractivity contribution is 0.112. The first-order chi connectivity index (χ1) is 14.7. The molecule has 164 valence electrons. The zero-order valence-corrected chi connectivity index (χ0v) is 16.7. The predicted molar refractivity (Wildman–Crippen MR) is 105 cm³/mol. The van der Waals surface area contributed by atoms with E-state index in [1.54, 1.807) is 0 Å². The van der Waals surface area contributed by atoms with E-state index in [1.165, 1.54) is 24.3 Å². The fraction of sp³-hybridized carbons (Fsp3) is 0.200. The Morgan fingerprint density at radius 1 is 1.10 bits per heavy atom. The molecule has 0 spiro atoms. The number of benzene rings is 2. The van der Waals surface area contributed by atoms with Gasteiger partial charge in [-0.3, -0.25) is 0 Å². The monoisotopic (exact) mass is 452 g/mol. The Kier molecular flexibility index (Phi) is 6.66. The summed E-state index contributed by atoms with van der Waals surface area (Å²) in [6.45, 7) is 0. The first-order valence-corrected chi connectivity index (χ1v) is 10.5. The Morgan fingerprint density at radius 2 is 1.71 bits per heavy atom. The second kappa shape index (κ2) is 9.23. The van der Waals surface area contributed by atoms with Crippen LogP contribution in [-0.2, 0) is 10.0 Å². The van der Waals surface area contributed by atoms with Crippen molar-refractivity contribution in [2.75, 3.05) is 0 Å². The van der Waals surface area contributed by atoms with Crippen LogP contribution in [0.1, 0.15) is 30.1 Å². The van der Waals surface area contributed by atoms with Crippen molar-refractivity contribution in [3.05, 3.63) is 72.0 Å². The Bertz CT molecular complexity index is 1130. The molecule has 3 N–H and O–H groups in total. The maximum Gasteiger partial charge on any atom is 0.503 e. The molecule has 11 heteroatoms. The largest absolute Gasteiger partial charge is 0.503 e. The lowest BCUT2D eigenvalue weighted by Crippen LogP contribution is -2.26. The summed E-state index contributed by atoms with van der Waals surface area (Å²) >= 11 is 0. The summed E-state index contributed by atoms with van der Waals surface area (Å²) in [5.74, 6) is -0.341. The van der Waals surface area contributed by atoms with Gasteiger partial charge in [0.2, 0.25) is 15.8 Å². The van der Waals surface area contributed by atoms with Crippen molar-refractivity contribution in [2.24, 2.45) is 0 Å². The lowest BCUT2D eigenvalue weighted by atomic mass is 10.1. The summed E-state index contributed by atoms with van der Waals surface area (Å²) in [4.78, 5) is 8.67. The van der Waals surface area contributed by atoms with Crippen LogP contribution in [0.4, 0.5) is 13.6 Å². The van der Waals surface area contributed by atoms with Crippen LogP contribution >= 0.6 is 0 Å². The smallest absolute Gasteiger partial charge is 0.450 e. The molecule has 2 aromatic carbocycles. The number of alkyl halides is 2. The minimum Gasteiger partial charge on any atom is -0.450 e. The molecule has 4 rings (SSSR count). The average Bonchev–Trinajstić information content (AvgIpc) is 3.28. The molecule has 3 aromatic rings. The van der Waals surface area contributed by atoms with Crippen LogP contribution in [0.2, 0.25) is 0 Å². The number of carbonyl (C=O) groups is 1. The van der Waals surface area contributed by atoms with Gasteiger partial charge in [-0.05, 0) is 24.1 Å². The summed E-state index contributed by atoms with van der Waals surface area (Å²) in [5, 5.41) is 17.5. The van der Waals surface area contributed by atoms with Gasteiger partial charge in [0.15, 0.2) is 0 Å². The molecule has 0 bridgehead atoms. The highest BCUT2D eigenvalue weighted by molar-refractivity contribution is 7.89. The third-order valence-electron chi connectivity index (χ3n) is 4.53. The lowest BCUT2D eigenvalue weighted by Gasteiger charge is -2.07. The first kappa shape index (κ1) is 22.4. The van der Waals surface area contributed by atoms with Gasteiger partial charge >= 0.3 is 6.16 Å². The van der Waals surface area contributed by atoms with Gasteiger partial charge in [-0.15, -0.1) is 0 Å². The van der Waals surface area contributed by atoms with E-state index in [1.807, 2.05) is 30.3 Å². The van der Waals surface area contributed by atoms with Gasteiger partial charge < -0.3 is 14.7 Å². The fourth-order valence-electron chi connectivity index (χ4n) is 2.99. The van der Waals surface area contributed by atoms with Crippen molar-refractivity contribution in [1.29, 1.82) is 0 Å². The summed E-state index contributed by atoms with van der Waals surface area (Å²) in [5.41, 5.74) is 1.84. The molecule has 2 atom stereocenters. The Morgan fingerprint density at radius 3 is 2.26 bits per heavy atom. The number of nitrogens with one attached hydrogen (secondary N) is 1. The Hall–Kier alpha value is -3.31. The van der Waals surface area contributed by atoms with E-state index >= 15 is 0 Å². The molecule has 0 unspecified atom stereocenters. The van der Waals surface area contributed by atoms with Crippen LogP contribution in [0.15, 0.2) is 70.1 Å². The molecule has 0 amide bonds. The molecule has 1 saturated carbocycles. The molecule has 1 heterocycles. The number of carboxylic acid groups (broad SMARTS) is 2. The molecule has 0 aliphatic heterocycles. The zero-order chi connectivity index (χ0) is 22.6. The van der Waals surface area contributed by atoms with Crippen molar-refractivity contribution >= 4 is 16.2 Å². The number of aromatic nitrogens is 1. The molecule has 1 aliphatic rings. The van der Waals surface area contributed by atoms with E-state index in [-0.39, 0.29) is 22.5 Å². The van der Waals surface area contributed by atoms with Gasteiger partial charge in [0.05, 0.1) is 4.90 Å². The van der Waals surface area contributed by atoms with E-state index < -0.39 is 28.4 Å². The van der Waals surface area contributed by atoms with Gasteiger partial charge in [0.1, 0.15) is 5.69 Å². The minimum absolute atomic E-state index is 0.113. The molecule has 1 aromatic heterocycles. The van der Waals surface area contributed by atoms with E-state index in [2.05, 4.69) is 14.4 Å². The number of hydrogen-bond acceptors (Lipinski definition) is 5. The number of sulfonamides is 1. The molecule has 1 aliphatic carbocycles. The van der Waals surface area contributed by atoms with Crippen LogP contribution in [0, 0.1) is 0 Å². The number of hydrogen-bond donors (Lipinski definition) is 3. The normalized spacial score (nSPS) is 17.6. The van der Waals surface area contributed by atoms with Crippen LogP contribution in [-0.4, -0.2) is 36.0 Å². The van der Waals surface area contributed by atoms with Crippen molar-refractivity contribution in [3.63, 3.8) is 0 Å². The SMILES string of the molecule is O=C(O)O.O=S(=O)(N[C@H]1C[C@@H]1c1ccccc1)c1ccc(-c2cc(C(F)F)on2)cc1. The van der Waals surface area contributed by atoms with E-state index in [0.717, 1.165) is 18.1 Å². The van der Waals surface area contributed by atoms with Gasteiger partial charge in [-0.25, -0.2) is 26.7 Å². The molecular weight excluding hydrogens is 434 g/mol. The van der Waals surface area contributed by atoms with Gasteiger partial charge in [-0.1, -0.05) is 47.6 Å². The summed E-state index contributed by atoms with van der Waals surface area (Å²) < 4.78 is 57.5. The Labute approximate surface area is 176 Å². The number of nitrogens with zero attached hydrogens (tertiary/aromatic N) is 1. The van der Waals surface area contributed by atoms with Gasteiger partial charge in [0.25, 0.3) is 6.43 Å². The second-order valence-corrected chi connectivity index (χ2v) is 8.42. The van der Waals surface area contributed by atoms with Crippen LogP contribution < -0.4 is 4.72 Å². The number of rotatable bonds is 6. The van der Waals surface area contributed by atoms with Crippen molar-refractivity contribution < 1.29 is 36.7 Å². The fourth-order valence-corrected chi connectivity index (χ4v) is 4.28. The second-order valence-electron chi connectivity index (χ2n) is 6.70. The molecular formula is C20H18F2N2O6S. The van der Waals surface area contributed by atoms with Crippen molar-refractivity contribution in [2.45, 2.75) is 29.7 Å². The highest BCUT2D eigenvalue weighted by Gasteiger charge is 2.41. The average molecular weight is 452 g/mol. The van der Waals surface area contributed by atoms with Crippen LogP contribution in [0.25, 0.3) is 11.3 Å². The topological polar surface area (TPSA) is 130 Å². The predicted octanol–water partition coefficient (Wildman–Crippen LogP) is 4.34. The standard InChI is InChI=1S/C19H16F2N2O3S.CH2O3/c20-19(21)18-11-16(22-26-18)13-6-8-14(9-7-13)27(24,25)23-17-10-15(17)12-4-2-1-3-5-12;2-1(3)4/h1-9,11,15,17,19,23H,10H2;(H2,2,3,4)/t15-,17+;/m1./s1. The summed E-state index contributed by atoms with van der Waals surface area (Å²) in [7, 11) is -3.66. The molecule has 31 heavy (non-hydrogen) atoms. The molecule has 1 fully saturated rings. The summed E-state index contributed by atoms with van der Waals surface area (Å²) in [6, 6.07) is 16.7. The maximum absolute atomic E-state index is 12.6. The minimum atomic E-state index is -3.66.